The second-order valence-corrected chi connectivity index (χ2v) is 8.92. The maximum Gasteiger partial charge on any atom is 0.226 e. The van der Waals surface area contributed by atoms with Crippen LogP contribution in [0.25, 0.3) is 0 Å². The van der Waals surface area contributed by atoms with E-state index in [2.05, 4.69) is 26.6 Å². The number of anilines is 2. The zero-order valence-corrected chi connectivity index (χ0v) is 20.9. The smallest absolute Gasteiger partial charge is 0.226 e. The number of carbonyl (C=O) groups is 1. The third kappa shape index (κ3) is 6.62. The molecule has 0 aliphatic rings. The van der Waals surface area contributed by atoms with E-state index in [1.54, 1.807) is 25.3 Å². The fraction of sp³-hybridized carbons (Fsp3) is 0.240. The van der Waals surface area contributed by atoms with Crippen LogP contribution in [0.4, 0.5) is 15.8 Å². The van der Waals surface area contributed by atoms with E-state index >= 15 is 0 Å². The quantitative estimate of drug-likeness (QED) is 0.309. The van der Waals surface area contributed by atoms with Gasteiger partial charge in [-0.05, 0) is 54.1 Å². The fourth-order valence-electron chi connectivity index (χ4n) is 2.96. The molecule has 0 radical (unpaired) electrons. The lowest BCUT2D eigenvalue weighted by Crippen LogP contribution is -2.17. The lowest BCUT2D eigenvalue weighted by Gasteiger charge is -2.16. The molecule has 0 bridgehead atoms. The second kappa shape index (κ2) is 11.4. The Morgan fingerprint density at radius 1 is 1.09 bits per heavy atom. The minimum absolute atomic E-state index is 0.0219. The maximum atomic E-state index is 14.0. The van der Waals surface area contributed by atoms with Crippen molar-refractivity contribution in [3.8, 4) is 11.5 Å². The number of amides is 1. The Morgan fingerprint density at radius 2 is 1.79 bits per heavy atom. The number of hydrogen-bond acceptors (Lipinski definition) is 4. The second-order valence-electron chi connectivity index (χ2n) is 7.66. The lowest BCUT2D eigenvalue weighted by molar-refractivity contribution is -0.118. The van der Waals surface area contributed by atoms with Crippen LogP contribution < -0.4 is 20.1 Å². The third-order valence-corrected chi connectivity index (χ3v) is 6.02. The van der Waals surface area contributed by atoms with Crippen molar-refractivity contribution >= 4 is 44.8 Å². The van der Waals surface area contributed by atoms with Gasteiger partial charge in [0, 0.05) is 33.9 Å². The highest BCUT2D eigenvalue weighted by molar-refractivity contribution is 9.10. The van der Waals surface area contributed by atoms with Crippen molar-refractivity contribution in [2.45, 2.75) is 27.0 Å². The molecule has 0 aliphatic heterocycles. The topological polar surface area (TPSA) is 59.6 Å². The van der Waals surface area contributed by atoms with Gasteiger partial charge >= 0.3 is 0 Å². The van der Waals surface area contributed by atoms with Gasteiger partial charge in [0.15, 0.2) is 11.5 Å². The molecular weight excluding hydrogens is 511 g/mol. The summed E-state index contributed by atoms with van der Waals surface area (Å²) in [6.07, 6.45) is 0. The molecule has 0 unspecified atom stereocenters. The van der Waals surface area contributed by atoms with Gasteiger partial charge < -0.3 is 20.1 Å². The zero-order valence-electron chi connectivity index (χ0n) is 18.5. The number of halogens is 3. The van der Waals surface area contributed by atoms with E-state index in [1.165, 1.54) is 6.07 Å². The summed E-state index contributed by atoms with van der Waals surface area (Å²) in [6.45, 7) is 4.20. The number of benzene rings is 3. The summed E-state index contributed by atoms with van der Waals surface area (Å²) in [5.41, 5.74) is 2.88. The first-order chi connectivity index (χ1) is 15.8. The standard InChI is InChI=1S/C25H25BrClFN2O3/c1-15(2)25(31)30-18-9-7-17(8-10-18)29-13-16-11-23(32-3)24(12-20(16)26)33-14-19-21(27)5-4-6-22(19)28/h4-12,15,29H,13-14H2,1-3H3,(H,30,31). The molecule has 3 aromatic rings. The molecule has 33 heavy (non-hydrogen) atoms. The Labute approximate surface area is 206 Å². The minimum Gasteiger partial charge on any atom is -0.493 e. The van der Waals surface area contributed by atoms with E-state index in [9.17, 15) is 9.18 Å². The number of rotatable bonds is 9. The monoisotopic (exact) mass is 534 g/mol. The van der Waals surface area contributed by atoms with Crippen molar-refractivity contribution in [1.82, 2.24) is 0 Å². The Balaban J connectivity index is 1.66. The van der Waals surface area contributed by atoms with Crippen LogP contribution in [0.1, 0.15) is 25.0 Å². The molecule has 0 atom stereocenters. The molecule has 0 saturated heterocycles. The van der Waals surface area contributed by atoms with Gasteiger partial charge in [0.2, 0.25) is 5.91 Å². The Morgan fingerprint density at radius 3 is 2.42 bits per heavy atom. The van der Waals surface area contributed by atoms with Gasteiger partial charge in [-0.25, -0.2) is 4.39 Å². The molecule has 3 aromatic carbocycles. The van der Waals surface area contributed by atoms with Crippen molar-refractivity contribution in [2.24, 2.45) is 5.92 Å². The molecule has 0 spiro atoms. The average Bonchev–Trinajstić information content (AvgIpc) is 2.79. The molecular formula is C25H25BrClFN2O3. The van der Waals surface area contributed by atoms with E-state index in [0.29, 0.717) is 23.1 Å². The predicted molar refractivity (Wildman–Crippen MR) is 134 cm³/mol. The van der Waals surface area contributed by atoms with Crippen molar-refractivity contribution in [2.75, 3.05) is 17.7 Å². The van der Waals surface area contributed by atoms with E-state index < -0.39 is 5.82 Å². The van der Waals surface area contributed by atoms with Crippen LogP contribution in [-0.4, -0.2) is 13.0 Å². The highest BCUT2D eigenvalue weighted by Gasteiger charge is 2.14. The van der Waals surface area contributed by atoms with Crippen molar-refractivity contribution in [3.05, 3.63) is 81.0 Å². The first-order valence-corrected chi connectivity index (χ1v) is 11.5. The number of hydrogen-bond donors (Lipinski definition) is 2. The van der Waals surface area contributed by atoms with Gasteiger partial charge in [-0.3, -0.25) is 4.79 Å². The summed E-state index contributed by atoms with van der Waals surface area (Å²) in [7, 11) is 1.55. The van der Waals surface area contributed by atoms with Gasteiger partial charge in [0.1, 0.15) is 12.4 Å². The third-order valence-electron chi connectivity index (χ3n) is 4.93. The van der Waals surface area contributed by atoms with Crippen LogP contribution in [0.15, 0.2) is 59.1 Å². The molecule has 2 N–H and O–H groups in total. The number of nitrogens with one attached hydrogen (secondary N) is 2. The molecule has 0 saturated carbocycles. The van der Waals surface area contributed by atoms with Crippen LogP contribution >= 0.6 is 27.5 Å². The summed E-state index contributed by atoms with van der Waals surface area (Å²) in [5.74, 6) is 0.472. The molecule has 5 nitrogen and oxygen atoms in total. The van der Waals surface area contributed by atoms with Crippen molar-refractivity contribution in [1.29, 1.82) is 0 Å². The summed E-state index contributed by atoms with van der Waals surface area (Å²) < 4.78 is 26.1. The first kappa shape index (κ1) is 24.9. The summed E-state index contributed by atoms with van der Waals surface area (Å²) in [6, 6.07) is 15.7. The Bertz CT molecular complexity index is 1100. The SMILES string of the molecule is COc1cc(CNc2ccc(NC(=O)C(C)C)cc2)c(Br)cc1OCc1c(F)cccc1Cl. The molecule has 1 amide bonds. The van der Waals surface area contributed by atoms with E-state index in [4.69, 9.17) is 21.1 Å². The van der Waals surface area contributed by atoms with Gasteiger partial charge in [0.05, 0.1) is 12.1 Å². The summed E-state index contributed by atoms with van der Waals surface area (Å²) >= 11 is 9.65. The molecule has 0 aromatic heterocycles. The summed E-state index contributed by atoms with van der Waals surface area (Å²) in [4.78, 5) is 11.8. The largest absolute Gasteiger partial charge is 0.493 e. The van der Waals surface area contributed by atoms with Gasteiger partial charge in [-0.15, -0.1) is 0 Å². The molecule has 174 valence electrons. The molecule has 0 heterocycles. The van der Waals surface area contributed by atoms with Crippen molar-refractivity contribution < 1.29 is 18.7 Å². The first-order valence-electron chi connectivity index (χ1n) is 10.4. The van der Waals surface area contributed by atoms with Crippen LogP contribution in [0.2, 0.25) is 5.02 Å². The molecule has 0 fully saturated rings. The van der Waals surface area contributed by atoms with Crippen molar-refractivity contribution in [3.63, 3.8) is 0 Å². The molecule has 0 aliphatic carbocycles. The number of methoxy groups -OCH3 is 1. The van der Waals surface area contributed by atoms with E-state index in [1.807, 2.05) is 44.2 Å². The Hall–Kier alpha value is -2.77. The van der Waals surface area contributed by atoms with Crippen LogP contribution in [0, 0.1) is 11.7 Å². The highest BCUT2D eigenvalue weighted by Crippen LogP contribution is 2.35. The van der Waals surface area contributed by atoms with E-state index in [-0.39, 0.29) is 24.0 Å². The maximum absolute atomic E-state index is 14.0. The van der Waals surface area contributed by atoms with Crippen LogP contribution in [-0.2, 0) is 17.9 Å². The van der Waals surface area contributed by atoms with Gasteiger partial charge in [-0.1, -0.05) is 47.4 Å². The molecule has 8 heteroatoms. The normalized spacial score (nSPS) is 10.8. The fourth-order valence-corrected chi connectivity index (χ4v) is 3.64. The van der Waals surface area contributed by atoms with Gasteiger partial charge in [0.25, 0.3) is 0 Å². The predicted octanol–water partition coefficient (Wildman–Crippen LogP) is 7.04. The zero-order chi connectivity index (χ0) is 24.0. The highest BCUT2D eigenvalue weighted by atomic mass is 79.9. The van der Waals surface area contributed by atoms with Crippen LogP contribution in [0.3, 0.4) is 0 Å². The lowest BCUT2D eigenvalue weighted by atomic mass is 10.1. The average molecular weight is 536 g/mol. The minimum atomic E-state index is -0.420. The Kier molecular flexibility index (Phi) is 8.58. The molecule has 3 rings (SSSR count). The van der Waals surface area contributed by atoms with Gasteiger partial charge in [-0.2, -0.15) is 0 Å². The number of ether oxygens (including phenoxy) is 2. The summed E-state index contributed by atoms with van der Waals surface area (Å²) in [5, 5.41) is 6.52. The number of carbonyl (C=O) groups excluding carboxylic acids is 1. The van der Waals surface area contributed by atoms with Crippen LogP contribution in [0.5, 0.6) is 11.5 Å². The van der Waals surface area contributed by atoms with E-state index in [0.717, 1.165) is 21.4 Å².